The van der Waals surface area contributed by atoms with E-state index in [9.17, 15) is 24.0 Å². The van der Waals surface area contributed by atoms with E-state index in [0.717, 1.165) is 5.69 Å². The zero-order valence-corrected chi connectivity index (χ0v) is 25.2. The first-order chi connectivity index (χ1) is 23.4. The Morgan fingerprint density at radius 3 is 1.27 bits per heavy atom. The number of nitrogens with one attached hydrogen (secondary N) is 2. The van der Waals surface area contributed by atoms with Crippen molar-refractivity contribution in [1.29, 1.82) is 0 Å². The second kappa shape index (κ2) is 11.3. The van der Waals surface area contributed by atoms with Crippen LogP contribution in [0, 0.1) is 0 Å². The zero-order chi connectivity index (χ0) is 32.9. The number of carbonyl (C=O) groups is 5. The predicted octanol–water partition coefficient (Wildman–Crippen LogP) is 7.90. The van der Waals surface area contributed by atoms with Crippen LogP contribution in [0.4, 0.5) is 17.1 Å². The molecule has 0 bridgehead atoms. The maximum atomic E-state index is 14.3. The monoisotopic (exact) mass is 624 g/mol. The summed E-state index contributed by atoms with van der Waals surface area (Å²) in [6.07, 6.45) is 0. The van der Waals surface area contributed by atoms with Crippen LogP contribution in [0.3, 0.4) is 0 Å². The standard InChI is InChI=1S/C41H24N2O5/c44-37-27-15-7-9-17-29(27)39(46)35-31(42-24-13-5-2-6-14-24)21-19-25(33(35)37)26-20-22-32(43-41(48)23-11-3-1-4-12-23)36-34(26)38(45)28-16-8-10-18-30(28)40(36)47/h1-22,42H,(H,43,48). The van der Waals surface area contributed by atoms with Crippen LogP contribution in [-0.4, -0.2) is 29.0 Å². The van der Waals surface area contributed by atoms with Gasteiger partial charge in [-0.3, -0.25) is 24.0 Å². The third-order valence-electron chi connectivity index (χ3n) is 8.78. The molecule has 2 aliphatic rings. The van der Waals surface area contributed by atoms with E-state index < -0.39 is 17.5 Å². The van der Waals surface area contributed by atoms with Crippen LogP contribution >= 0.6 is 0 Å². The first kappa shape index (κ1) is 28.7. The molecule has 7 heteroatoms. The molecule has 2 aliphatic carbocycles. The summed E-state index contributed by atoms with van der Waals surface area (Å²) in [7, 11) is 0. The molecular weight excluding hydrogens is 600 g/mol. The quantitative estimate of drug-likeness (QED) is 0.202. The number of ketones is 4. The Hall–Kier alpha value is -6.73. The summed E-state index contributed by atoms with van der Waals surface area (Å²) in [5.41, 5.74) is 3.67. The third-order valence-corrected chi connectivity index (χ3v) is 8.78. The Morgan fingerprint density at radius 2 is 0.771 bits per heavy atom. The molecule has 1 amide bonds. The molecule has 228 valence electrons. The van der Waals surface area contributed by atoms with Crippen molar-refractivity contribution in [2.75, 3.05) is 10.6 Å². The molecule has 2 N–H and O–H groups in total. The van der Waals surface area contributed by atoms with Crippen LogP contribution in [0.15, 0.2) is 133 Å². The van der Waals surface area contributed by atoms with Gasteiger partial charge in [-0.1, -0.05) is 97.1 Å². The fourth-order valence-corrected chi connectivity index (χ4v) is 6.56. The van der Waals surface area contributed by atoms with Gasteiger partial charge in [0.2, 0.25) is 0 Å². The summed E-state index contributed by atoms with van der Waals surface area (Å²) in [6, 6.07) is 37.6. The number of anilines is 3. The van der Waals surface area contributed by atoms with Crippen LogP contribution in [-0.2, 0) is 0 Å². The fourth-order valence-electron chi connectivity index (χ4n) is 6.56. The van der Waals surface area contributed by atoms with Crippen LogP contribution in [0.2, 0.25) is 0 Å². The minimum absolute atomic E-state index is 0.0238. The van der Waals surface area contributed by atoms with E-state index in [1.807, 2.05) is 30.3 Å². The molecule has 0 spiro atoms. The van der Waals surface area contributed by atoms with Crippen molar-refractivity contribution < 1.29 is 24.0 Å². The Kier molecular flexibility index (Phi) is 6.74. The molecule has 0 saturated carbocycles. The minimum atomic E-state index is -0.448. The Morgan fingerprint density at radius 1 is 0.375 bits per heavy atom. The van der Waals surface area contributed by atoms with Crippen molar-refractivity contribution in [1.82, 2.24) is 0 Å². The van der Waals surface area contributed by atoms with E-state index >= 15 is 0 Å². The van der Waals surface area contributed by atoms with Gasteiger partial charge in [-0.2, -0.15) is 0 Å². The molecule has 8 rings (SSSR count). The molecule has 48 heavy (non-hydrogen) atoms. The largest absolute Gasteiger partial charge is 0.355 e. The molecule has 0 atom stereocenters. The first-order valence-corrected chi connectivity index (χ1v) is 15.3. The van der Waals surface area contributed by atoms with Crippen LogP contribution in [0.25, 0.3) is 11.1 Å². The van der Waals surface area contributed by atoms with Gasteiger partial charge in [-0.25, -0.2) is 0 Å². The molecule has 6 aromatic rings. The third kappa shape index (κ3) is 4.48. The summed E-state index contributed by atoms with van der Waals surface area (Å²) in [5, 5.41) is 6.12. The average Bonchev–Trinajstić information content (AvgIpc) is 3.13. The molecule has 7 nitrogen and oxygen atoms in total. The van der Waals surface area contributed by atoms with E-state index in [0.29, 0.717) is 22.4 Å². The summed E-state index contributed by atoms with van der Waals surface area (Å²) in [6.45, 7) is 0. The molecule has 0 radical (unpaired) electrons. The summed E-state index contributed by atoms with van der Waals surface area (Å²) in [4.78, 5) is 70.3. The Balaban J connectivity index is 1.37. The lowest BCUT2D eigenvalue weighted by Crippen LogP contribution is -2.26. The molecule has 0 fully saturated rings. The number of hydrogen-bond acceptors (Lipinski definition) is 6. The maximum absolute atomic E-state index is 14.3. The van der Waals surface area contributed by atoms with Gasteiger partial charge in [0.05, 0.1) is 22.5 Å². The van der Waals surface area contributed by atoms with Gasteiger partial charge in [0, 0.05) is 44.6 Å². The summed E-state index contributed by atoms with van der Waals surface area (Å²) < 4.78 is 0. The molecule has 0 aromatic heterocycles. The minimum Gasteiger partial charge on any atom is -0.355 e. The number of carbonyl (C=O) groups excluding carboxylic acids is 5. The molecule has 0 unspecified atom stereocenters. The SMILES string of the molecule is O=C(Nc1ccc(-c2ccc(Nc3ccccc3)c3c2C(=O)c2ccccc2C3=O)c2c1C(=O)c1ccccc1C2=O)c1ccccc1. The fraction of sp³-hybridized carbons (Fsp3) is 0. The van der Waals surface area contributed by atoms with Crippen molar-refractivity contribution in [2.24, 2.45) is 0 Å². The van der Waals surface area contributed by atoms with Crippen LogP contribution in [0.5, 0.6) is 0 Å². The van der Waals surface area contributed by atoms with E-state index in [2.05, 4.69) is 10.6 Å². The highest BCUT2D eigenvalue weighted by molar-refractivity contribution is 6.35. The topological polar surface area (TPSA) is 109 Å². The van der Waals surface area contributed by atoms with E-state index in [1.165, 1.54) is 0 Å². The van der Waals surface area contributed by atoms with Crippen molar-refractivity contribution in [3.05, 3.63) is 184 Å². The van der Waals surface area contributed by atoms with Gasteiger partial charge in [0.15, 0.2) is 23.1 Å². The van der Waals surface area contributed by atoms with Gasteiger partial charge < -0.3 is 10.6 Å². The second-order valence-electron chi connectivity index (χ2n) is 11.5. The summed E-state index contributed by atoms with van der Waals surface area (Å²) >= 11 is 0. The van der Waals surface area contributed by atoms with E-state index in [4.69, 9.17) is 0 Å². The maximum Gasteiger partial charge on any atom is 0.255 e. The highest BCUT2D eigenvalue weighted by Crippen LogP contribution is 2.44. The smallest absolute Gasteiger partial charge is 0.255 e. The highest BCUT2D eigenvalue weighted by Gasteiger charge is 2.38. The molecule has 6 aromatic carbocycles. The molecule has 0 saturated heterocycles. The molecule has 0 aliphatic heterocycles. The number of amides is 1. The lowest BCUT2D eigenvalue weighted by molar-refractivity contribution is 0.0978. The van der Waals surface area contributed by atoms with Gasteiger partial charge in [0.1, 0.15) is 0 Å². The first-order valence-electron chi connectivity index (χ1n) is 15.3. The van der Waals surface area contributed by atoms with Gasteiger partial charge in [-0.15, -0.1) is 0 Å². The molecule has 0 heterocycles. The Labute approximate surface area is 274 Å². The van der Waals surface area contributed by atoms with Crippen molar-refractivity contribution in [2.45, 2.75) is 0 Å². The Bertz CT molecular complexity index is 2380. The van der Waals surface area contributed by atoms with Crippen LogP contribution in [0.1, 0.15) is 74.0 Å². The lowest BCUT2D eigenvalue weighted by Gasteiger charge is -2.27. The van der Waals surface area contributed by atoms with E-state index in [-0.39, 0.29) is 61.8 Å². The number of para-hydroxylation sites is 1. The van der Waals surface area contributed by atoms with Crippen molar-refractivity contribution in [3.63, 3.8) is 0 Å². The van der Waals surface area contributed by atoms with Crippen molar-refractivity contribution >= 4 is 46.1 Å². The van der Waals surface area contributed by atoms with Gasteiger partial charge in [0.25, 0.3) is 5.91 Å². The normalized spacial score (nSPS) is 12.8. The lowest BCUT2D eigenvalue weighted by atomic mass is 9.75. The number of rotatable bonds is 5. The predicted molar refractivity (Wildman–Crippen MR) is 183 cm³/mol. The number of benzene rings is 6. The molecular formula is C41H24N2O5. The van der Waals surface area contributed by atoms with E-state index in [1.54, 1.807) is 103 Å². The zero-order valence-electron chi connectivity index (χ0n) is 25.2. The number of fused-ring (bicyclic) bond motifs is 4. The van der Waals surface area contributed by atoms with Gasteiger partial charge in [-0.05, 0) is 47.5 Å². The van der Waals surface area contributed by atoms with Gasteiger partial charge >= 0.3 is 0 Å². The average molecular weight is 625 g/mol. The second-order valence-corrected chi connectivity index (χ2v) is 11.5. The number of hydrogen-bond donors (Lipinski definition) is 2. The van der Waals surface area contributed by atoms with Crippen molar-refractivity contribution in [3.8, 4) is 11.1 Å². The van der Waals surface area contributed by atoms with Crippen LogP contribution < -0.4 is 10.6 Å². The highest BCUT2D eigenvalue weighted by atomic mass is 16.2. The summed E-state index contributed by atoms with van der Waals surface area (Å²) in [5.74, 6) is -2.03.